The number of carbonyl (C=O) groups is 1. The predicted octanol–water partition coefficient (Wildman–Crippen LogP) is 3.77. The summed E-state index contributed by atoms with van der Waals surface area (Å²) in [5, 5.41) is 10.5. The van der Waals surface area contributed by atoms with Crippen LogP contribution in [0.2, 0.25) is 0 Å². The molecule has 7 heteroatoms. The molecule has 138 valence electrons. The Morgan fingerprint density at radius 1 is 1.26 bits per heavy atom. The van der Waals surface area contributed by atoms with Crippen LogP contribution in [0, 0.1) is 12.9 Å². The second kappa shape index (κ2) is 7.82. The summed E-state index contributed by atoms with van der Waals surface area (Å²) >= 11 is 0. The monoisotopic (exact) mass is 366 g/mol. The Bertz CT molecular complexity index is 1010. The number of rotatable bonds is 5. The maximum Gasteiger partial charge on any atom is 0.262 e. The number of aryl methyl sites for hydroxylation is 2. The summed E-state index contributed by atoms with van der Waals surface area (Å²) in [5.74, 6) is -1.21. The van der Waals surface area contributed by atoms with Gasteiger partial charge in [0.1, 0.15) is 12.7 Å². The van der Waals surface area contributed by atoms with E-state index in [1.54, 1.807) is 19.2 Å². The predicted molar refractivity (Wildman–Crippen MR) is 102 cm³/mol. The third-order valence-electron chi connectivity index (χ3n) is 4.06. The number of hydrogen-bond donors (Lipinski definition) is 1. The molecular weight excluding hydrogens is 347 g/mol. The summed E-state index contributed by atoms with van der Waals surface area (Å²) < 4.78 is 15.2. The van der Waals surface area contributed by atoms with Crippen molar-refractivity contribution in [1.82, 2.24) is 9.78 Å². The third kappa shape index (κ3) is 3.87. The molecule has 0 atom stereocenters. The fourth-order valence-electron chi connectivity index (χ4n) is 2.82. The van der Waals surface area contributed by atoms with Gasteiger partial charge in [0.25, 0.3) is 5.91 Å². The highest BCUT2D eigenvalue weighted by Gasteiger charge is 2.21. The Morgan fingerprint density at radius 2 is 2.04 bits per heavy atom. The fourth-order valence-corrected chi connectivity index (χ4v) is 2.82. The number of halogens is 1. The highest BCUT2D eigenvalue weighted by Crippen LogP contribution is 2.29. The largest absolute Gasteiger partial charge is 0.399 e. The SMILES string of the molecule is CON=Cc1cccc(-c2ccccc2NC(=O)c2c(C)nn(C)c2F)c1. The normalized spacial score (nSPS) is 11.0. The zero-order chi connectivity index (χ0) is 19.4. The van der Waals surface area contributed by atoms with E-state index in [9.17, 15) is 9.18 Å². The van der Waals surface area contributed by atoms with Crippen molar-refractivity contribution in [1.29, 1.82) is 0 Å². The van der Waals surface area contributed by atoms with Gasteiger partial charge in [0, 0.05) is 18.3 Å². The van der Waals surface area contributed by atoms with Crippen molar-refractivity contribution in [2.75, 3.05) is 12.4 Å². The van der Waals surface area contributed by atoms with Gasteiger partial charge in [0.2, 0.25) is 5.95 Å². The van der Waals surface area contributed by atoms with Crippen LogP contribution < -0.4 is 5.32 Å². The molecule has 3 aromatic rings. The topological polar surface area (TPSA) is 68.5 Å². The molecule has 3 rings (SSSR count). The first-order valence-electron chi connectivity index (χ1n) is 8.27. The molecule has 0 bridgehead atoms. The van der Waals surface area contributed by atoms with Crippen LogP contribution in [0.3, 0.4) is 0 Å². The number of para-hydroxylation sites is 1. The van der Waals surface area contributed by atoms with Gasteiger partial charge >= 0.3 is 0 Å². The van der Waals surface area contributed by atoms with Gasteiger partial charge in [-0.1, -0.05) is 41.6 Å². The van der Waals surface area contributed by atoms with Crippen LogP contribution in [0.25, 0.3) is 11.1 Å². The zero-order valence-electron chi connectivity index (χ0n) is 15.2. The number of nitrogens with one attached hydrogen (secondary N) is 1. The minimum Gasteiger partial charge on any atom is -0.399 e. The first-order chi connectivity index (χ1) is 13.0. The van der Waals surface area contributed by atoms with Crippen LogP contribution in [-0.2, 0) is 11.9 Å². The van der Waals surface area contributed by atoms with E-state index in [0.29, 0.717) is 11.4 Å². The van der Waals surface area contributed by atoms with Crippen LogP contribution in [0.15, 0.2) is 53.7 Å². The second-order valence-corrected chi connectivity index (χ2v) is 5.92. The molecule has 0 spiro atoms. The Morgan fingerprint density at radius 3 is 2.74 bits per heavy atom. The zero-order valence-corrected chi connectivity index (χ0v) is 15.2. The molecule has 1 heterocycles. The Labute approximate surface area is 156 Å². The van der Waals surface area contributed by atoms with Gasteiger partial charge in [0.15, 0.2) is 0 Å². The lowest BCUT2D eigenvalue weighted by molar-refractivity contribution is 0.102. The van der Waals surface area contributed by atoms with Crippen LogP contribution >= 0.6 is 0 Å². The van der Waals surface area contributed by atoms with Crippen LogP contribution in [0.1, 0.15) is 21.6 Å². The third-order valence-corrected chi connectivity index (χ3v) is 4.06. The Hall–Kier alpha value is -3.48. The van der Waals surface area contributed by atoms with Crippen molar-refractivity contribution in [3.63, 3.8) is 0 Å². The van der Waals surface area contributed by atoms with Gasteiger partial charge < -0.3 is 10.2 Å². The quantitative estimate of drug-likeness (QED) is 0.552. The highest BCUT2D eigenvalue weighted by molar-refractivity contribution is 6.07. The molecule has 1 N–H and O–H groups in total. The lowest BCUT2D eigenvalue weighted by Crippen LogP contribution is -2.15. The van der Waals surface area contributed by atoms with E-state index in [-0.39, 0.29) is 5.56 Å². The first-order valence-corrected chi connectivity index (χ1v) is 8.27. The molecule has 0 unspecified atom stereocenters. The van der Waals surface area contributed by atoms with E-state index in [1.165, 1.54) is 14.2 Å². The van der Waals surface area contributed by atoms with Gasteiger partial charge in [-0.15, -0.1) is 0 Å². The van der Waals surface area contributed by atoms with Crippen LogP contribution in [0.5, 0.6) is 0 Å². The van der Waals surface area contributed by atoms with Crippen LogP contribution in [-0.4, -0.2) is 29.0 Å². The molecule has 6 nitrogen and oxygen atoms in total. The molecule has 0 aliphatic heterocycles. The average Bonchev–Trinajstić information content (AvgIpc) is 2.92. The van der Waals surface area contributed by atoms with Crippen molar-refractivity contribution in [2.45, 2.75) is 6.92 Å². The Kier molecular flexibility index (Phi) is 5.30. The maximum atomic E-state index is 14.2. The van der Waals surface area contributed by atoms with Crippen molar-refractivity contribution < 1.29 is 14.0 Å². The van der Waals surface area contributed by atoms with Crippen molar-refractivity contribution >= 4 is 17.8 Å². The molecule has 27 heavy (non-hydrogen) atoms. The molecule has 1 amide bonds. The summed E-state index contributed by atoms with van der Waals surface area (Å²) in [4.78, 5) is 17.3. The number of amides is 1. The van der Waals surface area contributed by atoms with E-state index in [1.807, 2.05) is 42.5 Å². The molecular formula is C20H19FN4O2. The van der Waals surface area contributed by atoms with E-state index in [0.717, 1.165) is 21.4 Å². The molecule has 0 saturated carbocycles. The highest BCUT2D eigenvalue weighted by atomic mass is 19.1. The number of hydrogen-bond acceptors (Lipinski definition) is 4. The molecule has 0 fully saturated rings. The number of carbonyl (C=O) groups excluding carboxylic acids is 1. The molecule has 0 aliphatic carbocycles. The molecule has 0 aliphatic rings. The summed E-state index contributed by atoms with van der Waals surface area (Å²) in [6.45, 7) is 1.60. The number of benzene rings is 2. The van der Waals surface area contributed by atoms with Gasteiger partial charge in [0.05, 0.1) is 11.9 Å². The smallest absolute Gasteiger partial charge is 0.262 e. The fraction of sp³-hybridized carbons (Fsp3) is 0.150. The molecule has 0 saturated heterocycles. The van der Waals surface area contributed by atoms with E-state index in [2.05, 4.69) is 15.6 Å². The van der Waals surface area contributed by atoms with E-state index < -0.39 is 11.9 Å². The van der Waals surface area contributed by atoms with Crippen LogP contribution in [0.4, 0.5) is 10.1 Å². The van der Waals surface area contributed by atoms with Crippen molar-refractivity contribution in [3.8, 4) is 11.1 Å². The Balaban J connectivity index is 1.95. The summed E-state index contributed by atoms with van der Waals surface area (Å²) in [6, 6.07) is 15.0. The summed E-state index contributed by atoms with van der Waals surface area (Å²) in [7, 11) is 2.94. The second-order valence-electron chi connectivity index (χ2n) is 5.92. The molecule has 0 radical (unpaired) electrons. The number of oxime groups is 1. The minimum atomic E-state index is -0.666. The van der Waals surface area contributed by atoms with Gasteiger partial charge in [-0.2, -0.15) is 9.49 Å². The molecule has 1 aromatic heterocycles. The standard InChI is InChI=1S/C20H19FN4O2/c1-13-18(19(21)25(2)24-13)20(26)23-17-10-5-4-9-16(17)15-8-6-7-14(11-15)12-22-27-3/h4-12H,1-3H3,(H,23,26). The number of anilines is 1. The van der Waals surface area contributed by atoms with E-state index in [4.69, 9.17) is 4.84 Å². The first kappa shape index (κ1) is 18.3. The molecule has 2 aromatic carbocycles. The average molecular weight is 366 g/mol. The number of aromatic nitrogens is 2. The lowest BCUT2D eigenvalue weighted by Gasteiger charge is -2.11. The van der Waals surface area contributed by atoms with Crippen molar-refractivity contribution in [3.05, 3.63) is 71.3 Å². The van der Waals surface area contributed by atoms with Gasteiger partial charge in [-0.25, -0.2) is 4.68 Å². The van der Waals surface area contributed by atoms with E-state index >= 15 is 0 Å². The minimum absolute atomic E-state index is 0.0618. The number of nitrogens with zero attached hydrogens (tertiary/aromatic N) is 3. The van der Waals surface area contributed by atoms with Gasteiger partial charge in [-0.3, -0.25) is 4.79 Å². The van der Waals surface area contributed by atoms with Gasteiger partial charge in [-0.05, 0) is 30.2 Å². The maximum absolute atomic E-state index is 14.2. The lowest BCUT2D eigenvalue weighted by atomic mass is 10.0. The van der Waals surface area contributed by atoms with Crippen molar-refractivity contribution in [2.24, 2.45) is 12.2 Å². The summed E-state index contributed by atoms with van der Waals surface area (Å²) in [6.07, 6.45) is 1.60. The summed E-state index contributed by atoms with van der Waals surface area (Å²) in [5.41, 5.74) is 3.39.